The molecule has 0 amide bonds. The van der Waals surface area contributed by atoms with Crippen LogP contribution < -0.4 is 5.32 Å². The molecular formula is C16H24BrNOS. The fourth-order valence-electron chi connectivity index (χ4n) is 2.97. The van der Waals surface area contributed by atoms with Gasteiger partial charge in [-0.3, -0.25) is 4.21 Å². The van der Waals surface area contributed by atoms with Crippen LogP contribution in [0.3, 0.4) is 0 Å². The van der Waals surface area contributed by atoms with Crippen LogP contribution in [0.25, 0.3) is 0 Å². The molecule has 2 nitrogen and oxygen atoms in total. The van der Waals surface area contributed by atoms with Crippen LogP contribution in [0, 0.1) is 0 Å². The predicted molar refractivity (Wildman–Crippen MR) is 89.5 cm³/mol. The summed E-state index contributed by atoms with van der Waals surface area (Å²) < 4.78 is 14.0. The lowest BCUT2D eigenvalue weighted by atomic mass is 9.96. The molecule has 3 atom stereocenters. The third-order valence-corrected chi connectivity index (χ3v) is 6.30. The highest BCUT2D eigenvalue weighted by Crippen LogP contribution is 2.26. The zero-order valence-corrected chi connectivity index (χ0v) is 14.5. The molecule has 0 saturated heterocycles. The van der Waals surface area contributed by atoms with Crippen LogP contribution in [0.4, 0.5) is 0 Å². The minimum Gasteiger partial charge on any atom is -0.313 e. The average molecular weight is 358 g/mol. The van der Waals surface area contributed by atoms with Crippen molar-refractivity contribution in [2.24, 2.45) is 0 Å². The maximum atomic E-state index is 13.0. The first kappa shape index (κ1) is 16.2. The van der Waals surface area contributed by atoms with Gasteiger partial charge in [0.05, 0.1) is 16.0 Å². The zero-order chi connectivity index (χ0) is 14.4. The maximum absolute atomic E-state index is 13.0. The van der Waals surface area contributed by atoms with Gasteiger partial charge in [-0.15, -0.1) is 0 Å². The van der Waals surface area contributed by atoms with Gasteiger partial charge in [0, 0.05) is 15.4 Å². The van der Waals surface area contributed by atoms with Gasteiger partial charge in [-0.25, -0.2) is 0 Å². The van der Waals surface area contributed by atoms with E-state index in [-0.39, 0.29) is 5.25 Å². The second-order valence-electron chi connectivity index (χ2n) is 5.45. The predicted octanol–water partition coefficient (Wildman–Crippen LogP) is 4.26. The molecule has 0 bridgehead atoms. The minimum atomic E-state index is -0.923. The van der Waals surface area contributed by atoms with Crippen molar-refractivity contribution in [2.75, 3.05) is 6.54 Å². The highest BCUT2D eigenvalue weighted by Gasteiger charge is 2.28. The van der Waals surface area contributed by atoms with E-state index < -0.39 is 10.8 Å². The molecule has 1 fully saturated rings. The third kappa shape index (κ3) is 4.40. The minimum absolute atomic E-state index is 0.240. The van der Waals surface area contributed by atoms with E-state index >= 15 is 0 Å². The third-order valence-electron chi connectivity index (χ3n) is 3.97. The Balaban J connectivity index is 2.17. The Kier molecular flexibility index (Phi) is 6.72. The first-order valence-corrected chi connectivity index (χ1v) is 9.62. The lowest BCUT2D eigenvalue weighted by molar-refractivity contribution is 0.400. The van der Waals surface area contributed by atoms with Gasteiger partial charge >= 0.3 is 0 Å². The van der Waals surface area contributed by atoms with Crippen LogP contribution in [0.2, 0.25) is 0 Å². The molecule has 0 spiro atoms. The number of nitrogens with one attached hydrogen (secondary N) is 1. The van der Waals surface area contributed by atoms with Crippen LogP contribution >= 0.6 is 15.9 Å². The van der Waals surface area contributed by atoms with Crippen LogP contribution in [0.15, 0.2) is 33.6 Å². The van der Waals surface area contributed by atoms with Crippen molar-refractivity contribution in [1.82, 2.24) is 5.32 Å². The van der Waals surface area contributed by atoms with E-state index in [0.29, 0.717) is 6.04 Å². The van der Waals surface area contributed by atoms with Crippen LogP contribution in [-0.2, 0) is 10.8 Å². The molecule has 1 aliphatic carbocycles. The second-order valence-corrected chi connectivity index (χ2v) is 8.04. The first-order valence-electron chi connectivity index (χ1n) is 7.62. The van der Waals surface area contributed by atoms with E-state index in [1.54, 1.807) is 0 Å². The molecule has 2 rings (SSSR count). The summed E-state index contributed by atoms with van der Waals surface area (Å²) in [5, 5.41) is 3.80. The Morgan fingerprint density at radius 1 is 1.25 bits per heavy atom. The van der Waals surface area contributed by atoms with Gasteiger partial charge in [-0.2, -0.15) is 0 Å². The van der Waals surface area contributed by atoms with Gasteiger partial charge in [-0.05, 0) is 37.6 Å². The van der Waals surface area contributed by atoms with Crippen LogP contribution in [0.5, 0.6) is 0 Å². The van der Waals surface area contributed by atoms with E-state index in [1.807, 2.05) is 24.3 Å². The van der Waals surface area contributed by atoms with Crippen molar-refractivity contribution in [3.05, 3.63) is 28.7 Å². The Labute approximate surface area is 133 Å². The molecule has 1 aromatic carbocycles. The molecule has 0 aromatic heterocycles. The molecule has 112 valence electrons. The van der Waals surface area contributed by atoms with Crippen molar-refractivity contribution in [1.29, 1.82) is 0 Å². The number of hydrogen-bond acceptors (Lipinski definition) is 2. The molecule has 1 aliphatic rings. The Hall–Kier alpha value is -0.190. The molecule has 3 unspecified atom stereocenters. The van der Waals surface area contributed by atoms with E-state index in [9.17, 15) is 4.21 Å². The monoisotopic (exact) mass is 357 g/mol. The number of rotatable bonds is 4. The van der Waals surface area contributed by atoms with Gasteiger partial charge in [0.25, 0.3) is 0 Å². The molecule has 1 saturated carbocycles. The fraction of sp³-hybridized carbons (Fsp3) is 0.625. The van der Waals surface area contributed by atoms with Gasteiger partial charge in [0.2, 0.25) is 0 Å². The average Bonchev–Trinajstić information content (AvgIpc) is 2.42. The lowest BCUT2D eigenvalue weighted by Gasteiger charge is -2.29. The van der Waals surface area contributed by atoms with Crippen molar-refractivity contribution in [3.8, 4) is 0 Å². The summed E-state index contributed by atoms with van der Waals surface area (Å²) in [6.07, 6.45) is 7.27. The highest BCUT2D eigenvalue weighted by atomic mass is 79.9. The highest BCUT2D eigenvalue weighted by molar-refractivity contribution is 9.10. The van der Waals surface area contributed by atoms with Gasteiger partial charge in [0.15, 0.2) is 0 Å². The van der Waals surface area contributed by atoms with E-state index in [2.05, 4.69) is 28.2 Å². The summed E-state index contributed by atoms with van der Waals surface area (Å²) >= 11 is 3.48. The maximum Gasteiger partial charge on any atom is 0.0577 e. The Morgan fingerprint density at radius 3 is 2.70 bits per heavy atom. The summed E-state index contributed by atoms with van der Waals surface area (Å²) in [5.74, 6) is 0. The summed E-state index contributed by atoms with van der Waals surface area (Å²) in [4.78, 5) is 0.952. The molecule has 0 aliphatic heterocycles. The summed E-state index contributed by atoms with van der Waals surface area (Å²) in [6, 6.07) is 8.34. The van der Waals surface area contributed by atoms with Crippen molar-refractivity contribution in [3.63, 3.8) is 0 Å². The number of halogens is 1. The smallest absolute Gasteiger partial charge is 0.0577 e. The van der Waals surface area contributed by atoms with Gasteiger partial charge in [-0.1, -0.05) is 54.6 Å². The van der Waals surface area contributed by atoms with Gasteiger partial charge < -0.3 is 5.32 Å². The number of hydrogen-bond donors (Lipinski definition) is 1. The molecule has 20 heavy (non-hydrogen) atoms. The summed E-state index contributed by atoms with van der Waals surface area (Å²) in [5.41, 5.74) is 0. The quantitative estimate of drug-likeness (QED) is 0.872. The second kappa shape index (κ2) is 8.30. The summed E-state index contributed by atoms with van der Waals surface area (Å²) in [7, 11) is -0.923. The topological polar surface area (TPSA) is 29.1 Å². The summed E-state index contributed by atoms with van der Waals surface area (Å²) in [6.45, 7) is 3.09. The Morgan fingerprint density at radius 2 is 2.00 bits per heavy atom. The SMILES string of the molecule is CCNC1CCCCCCC1S(=O)c1cccc(Br)c1. The molecule has 1 N–H and O–H groups in total. The standard InChI is InChI=1S/C16H24BrNOS/c1-2-18-15-10-5-3-4-6-11-16(15)20(19)14-9-7-8-13(17)12-14/h7-9,12,15-16,18H,2-6,10-11H2,1H3. The van der Waals surface area contributed by atoms with E-state index in [4.69, 9.17) is 0 Å². The van der Waals surface area contributed by atoms with Crippen molar-refractivity contribution < 1.29 is 4.21 Å². The fourth-order valence-corrected chi connectivity index (χ4v) is 5.24. The zero-order valence-electron chi connectivity index (χ0n) is 12.1. The largest absolute Gasteiger partial charge is 0.313 e. The van der Waals surface area contributed by atoms with Crippen molar-refractivity contribution >= 4 is 26.7 Å². The van der Waals surface area contributed by atoms with E-state index in [1.165, 1.54) is 25.7 Å². The molecule has 4 heteroatoms. The van der Waals surface area contributed by atoms with Crippen molar-refractivity contribution in [2.45, 2.75) is 61.6 Å². The molecular weight excluding hydrogens is 334 g/mol. The normalized spacial score (nSPS) is 25.7. The van der Waals surface area contributed by atoms with Crippen LogP contribution in [0.1, 0.15) is 45.4 Å². The number of benzene rings is 1. The van der Waals surface area contributed by atoms with Crippen LogP contribution in [-0.4, -0.2) is 22.0 Å². The van der Waals surface area contributed by atoms with Gasteiger partial charge in [0.1, 0.15) is 0 Å². The first-order chi connectivity index (χ1) is 9.72. The lowest BCUT2D eigenvalue weighted by Crippen LogP contribution is -2.42. The Bertz CT molecular complexity index is 452. The molecule has 1 aromatic rings. The molecule has 0 heterocycles. The van der Waals surface area contributed by atoms with E-state index in [0.717, 1.165) is 28.8 Å². The molecule has 0 radical (unpaired) electrons.